The first kappa shape index (κ1) is 21.3. The van der Waals surface area contributed by atoms with Crippen LogP contribution in [0.15, 0.2) is 41.4 Å². The monoisotopic (exact) mass is 459 g/mol. The highest BCUT2D eigenvalue weighted by molar-refractivity contribution is 6.12. The molecule has 5 nitrogen and oxygen atoms in total. The average Bonchev–Trinajstić information content (AvgIpc) is 2.79. The molecule has 2 N–H and O–H groups in total. The van der Waals surface area contributed by atoms with Crippen molar-refractivity contribution in [2.75, 3.05) is 17.3 Å². The van der Waals surface area contributed by atoms with E-state index in [2.05, 4.69) is 25.6 Å². The summed E-state index contributed by atoms with van der Waals surface area (Å²) >= 11 is 0. The zero-order valence-electron chi connectivity index (χ0n) is 17.2. The molecule has 2 aromatic carbocycles. The molecule has 0 amide bonds. The smallest absolute Gasteiger partial charge is 0.363 e. The van der Waals surface area contributed by atoms with E-state index in [1.807, 2.05) is 0 Å². The third-order valence-electron chi connectivity index (χ3n) is 5.70. The summed E-state index contributed by atoms with van der Waals surface area (Å²) in [6, 6.07) is 7.05. The van der Waals surface area contributed by atoms with Gasteiger partial charge in [-0.2, -0.15) is 13.2 Å². The third-order valence-corrected chi connectivity index (χ3v) is 5.70. The Bertz CT molecular complexity index is 1270. The Hall–Kier alpha value is -3.56. The van der Waals surface area contributed by atoms with E-state index in [1.165, 1.54) is 18.2 Å². The van der Waals surface area contributed by atoms with Gasteiger partial charge in [0.05, 0.1) is 11.3 Å². The van der Waals surface area contributed by atoms with Gasteiger partial charge in [0.15, 0.2) is 5.82 Å². The summed E-state index contributed by atoms with van der Waals surface area (Å²) in [5.74, 6) is -1.12. The molecule has 0 unspecified atom stereocenters. The van der Waals surface area contributed by atoms with Gasteiger partial charge in [-0.25, -0.2) is 23.7 Å². The largest absolute Gasteiger partial charge is 0.417 e. The molecule has 0 radical (unpaired) electrons. The number of nitrogens with one attached hydrogen (secondary N) is 2. The lowest BCUT2D eigenvalue weighted by atomic mass is 9.95. The maximum absolute atomic E-state index is 14.2. The van der Waals surface area contributed by atoms with Crippen LogP contribution in [0.2, 0.25) is 0 Å². The van der Waals surface area contributed by atoms with Crippen molar-refractivity contribution in [2.45, 2.75) is 31.9 Å². The number of halogens is 5. The number of hydrogen-bond donors (Lipinski definition) is 2. The number of anilines is 2. The minimum absolute atomic E-state index is 0.0505. The summed E-state index contributed by atoms with van der Waals surface area (Å²) in [5, 5.41) is 5.80. The van der Waals surface area contributed by atoms with Gasteiger partial charge < -0.3 is 10.6 Å². The number of nitrogens with zero attached hydrogens (tertiary/aromatic N) is 3. The molecule has 2 aliphatic rings. The highest BCUT2D eigenvalue weighted by Crippen LogP contribution is 2.37. The normalized spacial score (nSPS) is 15.2. The van der Waals surface area contributed by atoms with E-state index in [1.54, 1.807) is 0 Å². The average molecular weight is 459 g/mol. The zero-order valence-corrected chi connectivity index (χ0v) is 17.2. The van der Waals surface area contributed by atoms with Gasteiger partial charge in [0.25, 0.3) is 0 Å². The lowest BCUT2D eigenvalue weighted by molar-refractivity contribution is -0.137. The fourth-order valence-corrected chi connectivity index (χ4v) is 4.19. The van der Waals surface area contributed by atoms with E-state index >= 15 is 0 Å². The van der Waals surface area contributed by atoms with Gasteiger partial charge in [0.2, 0.25) is 0 Å². The second kappa shape index (κ2) is 8.09. The SMILES string of the molecule is Fc1cc(F)c2c(c1)C(Nc1nc(-c3ccccc3C(F)(F)F)nc3c1CCCC3)=NCN2. The first-order valence-electron chi connectivity index (χ1n) is 10.4. The van der Waals surface area contributed by atoms with E-state index in [0.29, 0.717) is 24.4 Å². The van der Waals surface area contributed by atoms with Gasteiger partial charge in [-0.1, -0.05) is 18.2 Å². The van der Waals surface area contributed by atoms with Crippen molar-refractivity contribution in [3.63, 3.8) is 0 Å². The van der Waals surface area contributed by atoms with Crippen LogP contribution in [0.4, 0.5) is 33.5 Å². The minimum atomic E-state index is -4.57. The molecule has 0 bridgehead atoms. The maximum atomic E-state index is 14.2. The van der Waals surface area contributed by atoms with Crippen LogP contribution in [0.5, 0.6) is 0 Å². The topological polar surface area (TPSA) is 62.2 Å². The molecule has 1 aliphatic carbocycles. The molecular formula is C23H18F5N5. The first-order valence-corrected chi connectivity index (χ1v) is 10.4. The Labute approximate surface area is 185 Å². The summed E-state index contributed by atoms with van der Waals surface area (Å²) in [6.45, 7) is 0.0505. The number of hydrogen-bond acceptors (Lipinski definition) is 5. The van der Waals surface area contributed by atoms with Crippen molar-refractivity contribution >= 4 is 17.3 Å². The van der Waals surface area contributed by atoms with Crippen LogP contribution in [0.1, 0.15) is 35.2 Å². The van der Waals surface area contributed by atoms with Gasteiger partial charge in [-0.3, -0.25) is 0 Å². The second-order valence-electron chi connectivity index (χ2n) is 7.85. The fraction of sp³-hybridized carbons (Fsp3) is 0.261. The van der Waals surface area contributed by atoms with E-state index in [0.717, 1.165) is 36.6 Å². The summed E-state index contributed by atoms with van der Waals surface area (Å²) in [7, 11) is 0. The van der Waals surface area contributed by atoms with E-state index in [-0.39, 0.29) is 35.1 Å². The Morgan fingerprint density at radius 1 is 0.939 bits per heavy atom. The van der Waals surface area contributed by atoms with Gasteiger partial charge in [0, 0.05) is 28.5 Å². The molecule has 0 fully saturated rings. The number of amidine groups is 1. The van der Waals surface area contributed by atoms with Crippen LogP contribution < -0.4 is 10.6 Å². The summed E-state index contributed by atoms with van der Waals surface area (Å²) in [4.78, 5) is 13.2. The molecule has 5 rings (SSSR count). The number of aliphatic imine (C=N–C) groups is 1. The second-order valence-corrected chi connectivity index (χ2v) is 7.85. The predicted molar refractivity (Wildman–Crippen MR) is 114 cm³/mol. The van der Waals surface area contributed by atoms with Crippen LogP contribution in [0, 0.1) is 11.6 Å². The molecule has 0 atom stereocenters. The van der Waals surface area contributed by atoms with Crippen molar-refractivity contribution in [3.05, 3.63) is 70.4 Å². The summed E-state index contributed by atoms with van der Waals surface area (Å²) in [6.07, 6.45) is -1.61. The Morgan fingerprint density at radius 2 is 1.73 bits per heavy atom. The maximum Gasteiger partial charge on any atom is 0.417 e. The van der Waals surface area contributed by atoms with Crippen molar-refractivity contribution in [2.24, 2.45) is 4.99 Å². The molecule has 1 aromatic heterocycles. The van der Waals surface area contributed by atoms with E-state index in [4.69, 9.17) is 0 Å². The number of rotatable bonds is 2. The molecule has 10 heteroatoms. The van der Waals surface area contributed by atoms with Crippen LogP contribution >= 0.6 is 0 Å². The van der Waals surface area contributed by atoms with Crippen LogP contribution in [-0.2, 0) is 19.0 Å². The highest BCUT2D eigenvalue weighted by Gasteiger charge is 2.34. The molecular weight excluding hydrogens is 441 g/mol. The predicted octanol–water partition coefficient (Wildman–Crippen LogP) is 5.56. The van der Waals surface area contributed by atoms with Gasteiger partial charge in [-0.15, -0.1) is 0 Å². The number of aryl methyl sites for hydroxylation is 1. The van der Waals surface area contributed by atoms with E-state index < -0.39 is 23.4 Å². The lowest BCUT2D eigenvalue weighted by Gasteiger charge is -2.24. The molecule has 0 saturated carbocycles. The fourth-order valence-electron chi connectivity index (χ4n) is 4.19. The molecule has 1 aliphatic heterocycles. The molecule has 0 saturated heterocycles. The van der Waals surface area contributed by atoms with Crippen molar-refractivity contribution < 1.29 is 22.0 Å². The standard InChI is InChI=1S/C23H18F5N5/c24-12-9-15-19(17(25)10-12)29-11-30-20(15)32-22-14-6-2-4-8-18(14)31-21(33-22)13-5-1-3-7-16(13)23(26,27)28/h1,3,5,7,9-10,29H,2,4,6,8,11H2,(H,30,31,32,33). The minimum Gasteiger partial charge on any atom is -0.363 e. The highest BCUT2D eigenvalue weighted by atomic mass is 19.4. The van der Waals surface area contributed by atoms with Gasteiger partial charge >= 0.3 is 6.18 Å². The number of fused-ring (bicyclic) bond motifs is 2. The molecule has 170 valence electrons. The van der Waals surface area contributed by atoms with Gasteiger partial charge in [0.1, 0.15) is 30.0 Å². The molecule has 3 aromatic rings. The van der Waals surface area contributed by atoms with Gasteiger partial charge in [-0.05, 0) is 37.8 Å². The Kier molecular flexibility index (Phi) is 5.22. The van der Waals surface area contributed by atoms with E-state index in [9.17, 15) is 22.0 Å². The lowest BCUT2D eigenvalue weighted by Crippen LogP contribution is -2.25. The third kappa shape index (κ3) is 4.01. The Balaban J connectivity index is 1.63. The van der Waals surface area contributed by atoms with Crippen LogP contribution in [0.3, 0.4) is 0 Å². The number of benzene rings is 2. The molecule has 0 spiro atoms. The quantitative estimate of drug-likeness (QED) is 0.493. The van der Waals surface area contributed by atoms with Crippen molar-refractivity contribution in [3.8, 4) is 11.4 Å². The van der Waals surface area contributed by atoms with Crippen molar-refractivity contribution in [1.82, 2.24) is 9.97 Å². The summed E-state index contributed by atoms with van der Waals surface area (Å²) < 4.78 is 69.0. The van der Waals surface area contributed by atoms with Crippen LogP contribution in [-0.4, -0.2) is 22.5 Å². The number of aromatic nitrogens is 2. The molecule has 2 heterocycles. The first-order chi connectivity index (χ1) is 15.8. The van der Waals surface area contributed by atoms with Crippen molar-refractivity contribution in [1.29, 1.82) is 0 Å². The number of alkyl halides is 3. The summed E-state index contributed by atoms with van der Waals surface area (Å²) in [5.41, 5.74) is 0.741. The van der Waals surface area contributed by atoms with Crippen LogP contribution in [0.25, 0.3) is 11.4 Å². The zero-order chi connectivity index (χ0) is 23.2. The Morgan fingerprint density at radius 3 is 2.55 bits per heavy atom. The molecule has 33 heavy (non-hydrogen) atoms.